The van der Waals surface area contributed by atoms with Gasteiger partial charge in [-0.1, -0.05) is 0 Å². The fourth-order valence-corrected chi connectivity index (χ4v) is 1.32. The normalized spacial score (nSPS) is 10.6. The molecule has 2 N–H and O–H groups in total. The Kier molecular flexibility index (Phi) is 2.70. The Bertz CT molecular complexity index is 616. The van der Waals surface area contributed by atoms with Crippen molar-refractivity contribution in [1.29, 1.82) is 0 Å². The maximum atomic E-state index is 13.0. The van der Waals surface area contributed by atoms with Crippen molar-refractivity contribution < 1.29 is 28.2 Å². The van der Waals surface area contributed by atoms with Gasteiger partial charge >= 0.3 is 5.97 Å². The summed E-state index contributed by atoms with van der Waals surface area (Å²) in [6.07, 6.45) is 0.843. The molecule has 0 atom stereocenters. The van der Waals surface area contributed by atoms with Crippen LogP contribution in [0.5, 0.6) is 5.75 Å². The first-order chi connectivity index (χ1) is 8.40. The minimum atomic E-state index is -1.64. The second-order valence-corrected chi connectivity index (χ2v) is 3.34. The second-order valence-electron chi connectivity index (χ2n) is 3.34. The van der Waals surface area contributed by atoms with Crippen LogP contribution in [0, 0.1) is 17.5 Å². The average Bonchev–Trinajstić information content (AvgIpc) is 2.67. The van der Waals surface area contributed by atoms with E-state index >= 15 is 0 Å². The molecule has 18 heavy (non-hydrogen) atoms. The molecule has 0 radical (unpaired) electrons. The SMILES string of the molecule is O=C(O)c1nn(-c2cc(F)c(F)c(F)c2)cc1O. The molecule has 1 aromatic heterocycles. The van der Waals surface area contributed by atoms with Crippen molar-refractivity contribution in [3.05, 3.63) is 41.5 Å². The smallest absolute Gasteiger partial charge is 0.360 e. The van der Waals surface area contributed by atoms with Crippen molar-refractivity contribution >= 4 is 5.97 Å². The Hall–Kier alpha value is -2.51. The van der Waals surface area contributed by atoms with E-state index in [9.17, 15) is 23.1 Å². The molecule has 0 aliphatic carbocycles. The number of aromatic nitrogens is 2. The van der Waals surface area contributed by atoms with Gasteiger partial charge < -0.3 is 10.2 Å². The van der Waals surface area contributed by atoms with Crippen molar-refractivity contribution in [2.45, 2.75) is 0 Å². The maximum absolute atomic E-state index is 13.0. The van der Waals surface area contributed by atoms with E-state index in [2.05, 4.69) is 5.10 Å². The molecule has 0 amide bonds. The number of benzene rings is 1. The molecule has 0 saturated carbocycles. The van der Waals surface area contributed by atoms with Gasteiger partial charge in [0, 0.05) is 12.1 Å². The van der Waals surface area contributed by atoms with Gasteiger partial charge in [-0.05, 0) is 0 Å². The van der Waals surface area contributed by atoms with Crippen molar-refractivity contribution in [1.82, 2.24) is 9.78 Å². The predicted octanol–water partition coefficient (Wildman–Crippen LogP) is 1.69. The van der Waals surface area contributed by atoms with Crippen molar-refractivity contribution in [3.8, 4) is 11.4 Å². The maximum Gasteiger partial charge on any atom is 0.360 e. The monoisotopic (exact) mass is 258 g/mol. The third-order valence-electron chi connectivity index (χ3n) is 2.13. The number of carboxylic acid groups (broad SMARTS) is 1. The van der Waals surface area contributed by atoms with E-state index in [-0.39, 0.29) is 5.69 Å². The zero-order valence-electron chi connectivity index (χ0n) is 8.56. The topological polar surface area (TPSA) is 75.3 Å². The number of hydrogen-bond donors (Lipinski definition) is 2. The van der Waals surface area contributed by atoms with Gasteiger partial charge in [0.05, 0.1) is 11.9 Å². The van der Waals surface area contributed by atoms with E-state index in [0.29, 0.717) is 12.1 Å². The van der Waals surface area contributed by atoms with Crippen LogP contribution >= 0.6 is 0 Å². The molecule has 0 unspecified atom stereocenters. The summed E-state index contributed by atoms with van der Waals surface area (Å²) >= 11 is 0. The van der Waals surface area contributed by atoms with E-state index in [0.717, 1.165) is 10.9 Å². The van der Waals surface area contributed by atoms with Crippen molar-refractivity contribution in [2.75, 3.05) is 0 Å². The largest absolute Gasteiger partial charge is 0.504 e. The first-order valence-electron chi connectivity index (χ1n) is 4.57. The Balaban J connectivity index is 2.56. The van der Waals surface area contributed by atoms with Crippen molar-refractivity contribution in [3.63, 3.8) is 0 Å². The molecule has 0 bridgehead atoms. The zero-order valence-corrected chi connectivity index (χ0v) is 8.56. The number of hydrogen-bond acceptors (Lipinski definition) is 3. The summed E-state index contributed by atoms with van der Waals surface area (Å²) in [4.78, 5) is 10.6. The van der Waals surface area contributed by atoms with Crippen LogP contribution in [0.1, 0.15) is 10.5 Å². The first-order valence-corrected chi connectivity index (χ1v) is 4.57. The van der Waals surface area contributed by atoms with Gasteiger partial charge in [0.1, 0.15) is 0 Å². The molecule has 0 aliphatic heterocycles. The molecular formula is C10H5F3N2O3. The summed E-state index contributed by atoms with van der Waals surface area (Å²) in [5.41, 5.74) is -0.936. The van der Waals surface area contributed by atoms with Crippen LogP contribution in [0.4, 0.5) is 13.2 Å². The quantitative estimate of drug-likeness (QED) is 0.804. The molecular weight excluding hydrogens is 253 g/mol. The third kappa shape index (κ3) is 1.88. The van der Waals surface area contributed by atoms with Gasteiger partial charge in [-0.15, -0.1) is 0 Å². The number of aromatic hydroxyl groups is 1. The fourth-order valence-electron chi connectivity index (χ4n) is 1.32. The van der Waals surface area contributed by atoms with Crippen molar-refractivity contribution in [2.24, 2.45) is 0 Å². The van der Waals surface area contributed by atoms with E-state index < -0.39 is 34.9 Å². The molecule has 94 valence electrons. The molecule has 8 heteroatoms. The number of nitrogens with zero attached hydrogens (tertiary/aromatic N) is 2. The number of halogens is 3. The minimum absolute atomic E-state index is 0.255. The highest BCUT2D eigenvalue weighted by Crippen LogP contribution is 2.21. The van der Waals surface area contributed by atoms with Gasteiger partial charge in [-0.3, -0.25) is 0 Å². The van der Waals surface area contributed by atoms with Crippen LogP contribution in [-0.2, 0) is 0 Å². The third-order valence-corrected chi connectivity index (χ3v) is 2.13. The van der Waals surface area contributed by atoms with Gasteiger partial charge in [0.2, 0.25) is 5.69 Å². The molecule has 0 aliphatic rings. The minimum Gasteiger partial charge on any atom is -0.504 e. The highest BCUT2D eigenvalue weighted by atomic mass is 19.2. The Labute approximate surface area is 97.7 Å². The molecule has 0 saturated heterocycles. The molecule has 1 aromatic carbocycles. The Morgan fingerprint density at radius 1 is 1.22 bits per heavy atom. The lowest BCUT2D eigenvalue weighted by Crippen LogP contribution is -2.03. The number of carbonyl (C=O) groups is 1. The number of aromatic carboxylic acids is 1. The van der Waals surface area contributed by atoms with Crippen LogP contribution in [0.25, 0.3) is 5.69 Å². The summed E-state index contributed by atoms with van der Waals surface area (Å²) in [6.45, 7) is 0. The molecule has 5 nitrogen and oxygen atoms in total. The molecule has 0 spiro atoms. The first kappa shape index (κ1) is 12.0. The highest BCUT2D eigenvalue weighted by Gasteiger charge is 2.17. The summed E-state index contributed by atoms with van der Waals surface area (Å²) in [5, 5.41) is 21.3. The molecule has 2 aromatic rings. The van der Waals surface area contributed by atoms with Gasteiger partial charge in [0.25, 0.3) is 0 Å². The standard InChI is InChI=1S/C10H5F3N2O3/c11-5-1-4(2-6(12)8(5)13)15-3-7(16)9(14-15)10(17)18/h1-3,16H,(H,17,18). The Morgan fingerprint density at radius 2 is 1.78 bits per heavy atom. The Morgan fingerprint density at radius 3 is 2.22 bits per heavy atom. The van der Waals surface area contributed by atoms with Gasteiger partial charge in [0.15, 0.2) is 23.2 Å². The lowest BCUT2D eigenvalue weighted by atomic mass is 10.3. The molecule has 1 heterocycles. The average molecular weight is 258 g/mol. The molecule has 0 fully saturated rings. The number of rotatable bonds is 2. The summed E-state index contributed by atoms with van der Waals surface area (Å²) in [6, 6.07) is 1.24. The van der Waals surface area contributed by atoms with Gasteiger partial charge in [-0.25, -0.2) is 22.6 Å². The second kappa shape index (κ2) is 4.06. The van der Waals surface area contributed by atoms with Gasteiger partial charge in [-0.2, -0.15) is 5.10 Å². The molecule has 2 rings (SSSR count). The zero-order chi connectivity index (χ0) is 13.4. The van der Waals surface area contributed by atoms with Crippen LogP contribution in [-0.4, -0.2) is 26.0 Å². The summed E-state index contributed by atoms with van der Waals surface area (Å²) < 4.78 is 39.4. The van der Waals surface area contributed by atoms with Crippen LogP contribution in [0.15, 0.2) is 18.3 Å². The van der Waals surface area contributed by atoms with E-state index in [1.54, 1.807) is 0 Å². The fraction of sp³-hybridized carbons (Fsp3) is 0. The highest BCUT2D eigenvalue weighted by molar-refractivity contribution is 5.88. The van der Waals surface area contributed by atoms with Crippen LogP contribution in [0.3, 0.4) is 0 Å². The lowest BCUT2D eigenvalue weighted by molar-refractivity contribution is 0.0687. The lowest BCUT2D eigenvalue weighted by Gasteiger charge is -2.02. The summed E-state index contributed by atoms with van der Waals surface area (Å²) in [5.74, 6) is -6.72. The summed E-state index contributed by atoms with van der Waals surface area (Å²) in [7, 11) is 0. The van der Waals surface area contributed by atoms with Crippen LogP contribution < -0.4 is 0 Å². The van der Waals surface area contributed by atoms with E-state index in [1.807, 2.05) is 0 Å². The predicted molar refractivity (Wildman–Crippen MR) is 52.1 cm³/mol. The van der Waals surface area contributed by atoms with Crippen LogP contribution in [0.2, 0.25) is 0 Å². The number of carboxylic acids is 1. The van der Waals surface area contributed by atoms with E-state index in [4.69, 9.17) is 5.11 Å². The van der Waals surface area contributed by atoms with E-state index in [1.165, 1.54) is 0 Å².